The monoisotopic (exact) mass is 321 g/mol. The van der Waals surface area contributed by atoms with Gasteiger partial charge in [0.25, 0.3) is 5.91 Å². The molecule has 1 N–H and O–H groups in total. The lowest BCUT2D eigenvalue weighted by Crippen LogP contribution is -2.23. The summed E-state index contributed by atoms with van der Waals surface area (Å²) in [6.45, 7) is 3.95. The zero-order valence-electron chi connectivity index (χ0n) is 13.9. The molecule has 1 aromatic carbocycles. The Hall–Kier alpha value is -2.79. The number of hydrogen-bond acceptors (Lipinski definition) is 4. The highest BCUT2D eigenvalue weighted by Crippen LogP contribution is 2.21. The van der Waals surface area contributed by atoms with Gasteiger partial charge in [-0.15, -0.1) is 0 Å². The van der Waals surface area contributed by atoms with Crippen molar-refractivity contribution in [3.05, 3.63) is 65.4 Å². The quantitative estimate of drug-likeness (QED) is 0.798. The third-order valence-corrected chi connectivity index (χ3v) is 3.84. The van der Waals surface area contributed by atoms with Gasteiger partial charge in [-0.05, 0) is 43.2 Å². The van der Waals surface area contributed by atoms with Crippen molar-refractivity contribution in [1.82, 2.24) is 9.97 Å². The summed E-state index contributed by atoms with van der Waals surface area (Å²) in [5.74, 6) is 0.197. The fourth-order valence-corrected chi connectivity index (χ4v) is 2.72. The van der Waals surface area contributed by atoms with Crippen molar-refractivity contribution < 1.29 is 9.53 Å². The third kappa shape index (κ3) is 3.26. The predicted octanol–water partition coefficient (Wildman–Crippen LogP) is 3.57. The van der Waals surface area contributed by atoms with Crippen LogP contribution in [0.5, 0.6) is 0 Å². The van der Waals surface area contributed by atoms with Gasteiger partial charge in [0.2, 0.25) is 0 Å². The molecule has 0 spiro atoms. The molecule has 1 amide bonds. The Labute approximate surface area is 140 Å². The van der Waals surface area contributed by atoms with Crippen LogP contribution < -0.4 is 5.32 Å². The van der Waals surface area contributed by atoms with Crippen molar-refractivity contribution >= 4 is 22.8 Å². The van der Waals surface area contributed by atoms with E-state index in [2.05, 4.69) is 15.3 Å². The van der Waals surface area contributed by atoms with Gasteiger partial charge in [0.15, 0.2) is 11.8 Å². The van der Waals surface area contributed by atoms with E-state index < -0.39 is 6.10 Å². The Bertz CT molecular complexity index is 878. The highest BCUT2D eigenvalue weighted by molar-refractivity contribution is 5.95. The highest BCUT2D eigenvalue weighted by atomic mass is 16.5. The first-order valence-electron chi connectivity index (χ1n) is 7.72. The van der Waals surface area contributed by atoms with Crippen LogP contribution in [0.1, 0.15) is 22.9 Å². The molecule has 122 valence electrons. The number of methoxy groups -OCH3 is 1. The number of anilines is 1. The molecule has 2 heterocycles. The number of ether oxygens (including phenoxy) is 1. The Kier molecular flexibility index (Phi) is 4.53. The maximum absolute atomic E-state index is 12.5. The fraction of sp³-hybridized carbons (Fsp3) is 0.211. The van der Waals surface area contributed by atoms with Gasteiger partial charge < -0.3 is 10.1 Å². The van der Waals surface area contributed by atoms with Crippen molar-refractivity contribution in [3.8, 4) is 0 Å². The van der Waals surface area contributed by atoms with Gasteiger partial charge in [-0.1, -0.05) is 30.3 Å². The van der Waals surface area contributed by atoms with Crippen LogP contribution in [0.25, 0.3) is 11.0 Å². The molecule has 0 aliphatic rings. The first-order chi connectivity index (χ1) is 11.6. The molecule has 0 saturated carbocycles. The first kappa shape index (κ1) is 16.1. The summed E-state index contributed by atoms with van der Waals surface area (Å²) in [7, 11) is 1.51. The Morgan fingerprint density at radius 1 is 1.08 bits per heavy atom. The van der Waals surface area contributed by atoms with Crippen LogP contribution in [-0.2, 0) is 9.53 Å². The molecule has 24 heavy (non-hydrogen) atoms. The smallest absolute Gasteiger partial charge is 0.259 e. The summed E-state index contributed by atoms with van der Waals surface area (Å²) in [5, 5.41) is 3.78. The second-order valence-electron chi connectivity index (χ2n) is 5.66. The molecule has 0 aliphatic heterocycles. The molecule has 0 saturated heterocycles. The van der Waals surface area contributed by atoms with Crippen LogP contribution in [0, 0.1) is 13.8 Å². The molecular formula is C19H19N3O2. The standard InChI is InChI=1S/C19H19N3O2/c1-12-11-13(2)20-18-15(12)9-10-16(21-18)22-19(23)17(24-3)14-7-5-4-6-8-14/h4-11,17H,1-3H3,(H,20,21,22,23). The summed E-state index contributed by atoms with van der Waals surface area (Å²) < 4.78 is 5.34. The Morgan fingerprint density at radius 2 is 1.83 bits per heavy atom. The molecule has 5 nitrogen and oxygen atoms in total. The van der Waals surface area contributed by atoms with Crippen molar-refractivity contribution in [2.75, 3.05) is 12.4 Å². The van der Waals surface area contributed by atoms with E-state index in [-0.39, 0.29) is 5.91 Å². The number of amides is 1. The lowest BCUT2D eigenvalue weighted by atomic mass is 10.1. The predicted molar refractivity (Wildman–Crippen MR) is 93.8 cm³/mol. The second-order valence-corrected chi connectivity index (χ2v) is 5.66. The number of aromatic nitrogens is 2. The Morgan fingerprint density at radius 3 is 2.54 bits per heavy atom. The number of pyridine rings is 2. The van der Waals surface area contributed by atoms with E-state index in [9.17, 15) is 4.79 Å². The fourth-order valence-electron chi connectivity index (χ4n) is 2.72. The van der Waals surface area contributed by atoms with Crippen molar-refractivity contribution in [1.29, 1.82) is 0 Å². The number of fused-ring (bicyclic) bond motifs is 1. The van der Waals surface area contributed by atoms with E-state index in [4.69, 9.17) is 4.74 Å². The SMILES string of the molecule is COC(C(=O)Nc1ccc2c(C)cc(C)nc2n1)c1ccccc1. The van der Waals surface area contributed by atoms with E-state index in [1.165, 1.54) is 7.11 Å². The van der Waals surface area contributed by atoms with E-state index in [1.807, 2.05) is 56.3 Å². The number of carbonyl (C=O) groups excluding carboxylic acids is 1. The number of aryl methyl sites for hydroxylation is 2. The summed E-state index contributed by atoms with van der Waals surface area (Å²) in [6, 6.07) is 15.1. The number of carbonyl (C=O) groups is 1. The van der Waals surface area contributed by atoms with E-state index in [0.29, 0.717) is 11.5 Å². The van der Waals surface area contributed by atoms with Crippen LogP contribution in [0.15, 0.2) is 48.5 Å². The second kappa shape index (κ2) is 6.76. The Balaban J connectivity index is 1.87. The largest absolute Gasteiger partial charge is 0.367 e. The minimum absolute atomic E-state index is 0.264. The molecule has 0 radical (unpaired) electrons. The van der Waals surface area contributed by atoms with Crippen LogP contribution >= 0.6 is 0 Å². The first-order valence-corrected chi connectivity index (χ1v) is 7.72. The molecule has 1 unspecified atom stereocenters. The molecule has 5 heteroatoms. The number of rotatable bonds is 4. The van der Waals surface area contributed by atoms with Crippen molar-refractivity contribution in [3.63, 3.8) is 0 Å². The lowest BCUT2D eigenvalue weighted by molar-refractivity contribution is -0.126. The minimum atomic E-state index is -0.684. The van der Waals surface area contributed by atoms with E-state index >= 15 is 0 Å². The molecule has 1 atom stereocenters. The molecule has 0 aliphatic carbocycles. The average Bonchev–Trinajstić information content (AvgIpc) is 2.56. The third-order valence-electron chi connectivity index (χ3n) is 3.84. The molecular weight excluding hydrogens is 302 g/mol. The molecule has 2 aromatic heterocycles. The van der Waals surface area contributed by atoms with E-state index in [0.717, 1.165) is 22.2 Å². The molecule has 3 rings (SSSR count). The molecule has 0 fully saturated rings. The summed E-state index contributed by atoms with van der Waals surface area (Å²) in [6.07, 6.45) is -0.684. The molecule has 0 bridgehead atoms. The zero-order chi connectivity index (χ0) is 17.1. The van der Waals surface area contributed by atoms with Gasteiger partial charge in [0.1, 0.15) is 5.82 Å². The van der Waals surface area contributed by atoms with Gasteiger partial charge in [0, 0.05) is 18.2 Å². The van der Waals surface area contributed by atoms with Crippen LogP contribution in [0.2, 0.25) is 0 Å². The van der Waals surface area contributed by atoms with Crippen molar-refractivity contribution in [2.45, 2.75) is 20.0 Å². The lowest BCUT2D eigenvalue weighted by Gasteiger charge is -2.15. The number of benzene rings is 1. The molecule has 3 aromatic rings. The van der Waals surface area contributed by atoms with Crippen LogP contribution in [-0.4, -0.2) is 23.0 Å². The highest BCUT2D eigenvalue weighted by Gasteiger charge is 2.20. The normalized spacial score (nSPS) is 12.1. The maximum Gasteiger partial charge on any atom is 0.259 e. The van der Waals surface area contributed by atoms with Crippen LogP contribution in [0.3, 0.4) is 0 Å². The van der Waals surface area contributed by atoms with Gasteiger partial charge in [-0.25, -0.2) is 9.97 Å². The van der Waals surface area contributed by atoms with Gasteiger partial charge in [0.05, 0.1) is 0 Å². The van der Waals surface area contributed by atoms with Gasteiger partial charge in [-0.3, -0.25) is 4.79 Å². The number of nitrogens with zero attached hydrogens (tertiary/aromatic N) is 2. The van der Waals surface area contributed by atoms with Gasteiger partial charge in [-0.2, -0.15) is 0 Å². The van der Waals surface area contributed by atoms with Crippen molar-refractivity contribution in [2.24, 2.45) is 0 Å². The summed E-state index contributed by atoms with van der Waals surface area (Å²) in [5.41, 5.74) is 3.43. The summed E-state index contributed by atoms with van der Waals surface area (Å²) in [4.78, 5) is 21.4. The minimum Gasteiger partial charge on any atom is -0.367 e. The summed E-state index contributed by atoms with van der Waals surface area (Å²) >= 11 is 0. The number of nitrogens with one attached hydrogen (secondary N) is 1. The topological polar surface area (TPSA) is 64.1 Å². The van der Waals surface area contributed by atoms with Gasteiger partial charge >= 0.3 is 0 Å². The van der Waals surface area contributed by atoms with Crippen LogP contribution in [0.4, 0.5) is 5.82 Å². The van der Waals surface area contributed by atoms with E-state index in [1.54, 1.807) is 6.07 Å². The average molecular weight is 321 g/mol. The zero-order valence-corrected chi connectivity index (χ0v) is 13.9. The maximum atomic E-state index is 12.5. The number of hydrogen-bond donors (Lipinski definition) is 1.